The molecular formula is C17H19NO. The smallest absolute Gasteiger partial charge is 0.143 e. The molecular weight excluding hydrogens is 234 g/mol. The zero-order valence-corrected chi connectivity index (χ0v) is 11.2. The van der Waals surface area contributed by atoms with E-state index in [2.05, 4.69) is 53.8 Å². The Labute approximate surface area is 114 Å². The number of Topliss-reactive ketones (excluding diaryl/α,β-unsaturated/α-hetero) is 1. The number of rotatable bonds is 6. The lowest BCUT2D eigenvalue weighted by molar-refractivity contribution is -0.116. The second kappa shape index (κ2) is 6.86. The Morgan fingerprint density at radius 2 is 1.58 bits per heavy atom. The summed E-state index contributed by atoms with van der Waals surface area (Å²) in [6, 6.07) is 19.0. The molecule has 0 amide bonds. The predicted octanol–water partition coefficient (Wildman–Crippen LogP) is 3.07. The summed E-state index contributed by atoms with van der Waals surface area (Å²) >= 11 is 0. The van der Waals surface area contributed by atoms with Crippen LogP contribution in [-0.4, -0.2) is 18.9 Å². The summed E-state index contributed by atoms with van der Waals surface area (Å²) in [6.07, 6.45) is 0.947. The SMILES string of the molecule is CC(=O)CNCCc1ccc(-c2ccccc2)cc1. The number of hydrogen-bond acceptors (Lipinski definition) is 2. The molecule has 0 bridgehead atoms. The molecule has 0 heterocycles. The molecule has 2 heteroatoms. The van der Waals surface area contributed by atoms with Crippen LogP contribution in [0, 0.1) is 0 Å². The lowest BCUT2D eigenvalue weighted by Gasteiger charge is -2.05. The standard InChI is InChI=1S/C17H19NO/c1-14(19)13-18-12-11-15-7-9-17(10-8-15)16-5-3-2-4-6-16/h2-10,18H,11-13H2,1H3. The molecule has 0 saturated heterocycles. The number of benzene rings is 2. The van der Waals surface area contributed by atoms with E-state index in [0.29, 0.717) is 6.54 Å². The van der Waals surface area contributed by atoms with Crippen LogP contribution < -0.4 is 5.32 Å². The van der Waals surface area contributed by atoms with E-state index in [-0.39, 0.29) is 5.78 Å². The summed E-state index contributed by atoms with van der Waals surface area (Å²) in [5.41, 5.74) is 3.76. The van der Waals surface area contributed by atoms with Gasteiger partial charge in [0.25, 0.3) is 0 Å². The number of ketones is 1. The van der Waals surface area contributed by atoms with Gasteiger partial charge in [0, 0.05) is 0 Å². The topological polar surface area (TPSA) is 29.1 Å². The van der Waals surface area contributed by atoms with Crippen LogP contribution in [-0.2, 0) is 11.2 Å². The average molecular weight is 253 g/mol. The highest BCUT2D eigenvalue weighted by Crippen LogP contribution is 2.19. The largest absolute Gasteiger partial charge is 0.310 e. The minimum atomic E-state index is 0.180. The highest BCUT2D eigenvalue weighted by molar-refractivity contribution is 5.77. The first-order valence-electron chi connectivity index (χ1n) is 6.60. The van der Waals surface area contributed by atoms with E-state index in [4.69, 9.17) is 0 Å². The van der Waals surface area contributed by atoms with Gasteiger partial charge in [0.1, 0.15) is 5.78 Å². The van der Waals surface area contributed by atoms with Crippen molar-refractivity contribution in [3.8, 4) is 11.1 Å². The Kier molecular flexibility index (Phi) is 4.87. The molecule has 0 unspecified atom stereocenters. The van der Waals surface area contributed by atoms with Gasteiger partial charge in [0.2, 0.25) is 0 Å². The van der Waals surface area contributed by atoms with Crippen LogP contribution in [0.4, 0.5) is 0 Å². The highest BCUT2D eigenvalue weighted by atomic mass is 16.1. The van der Waals surface area contributed by atoms with E-state index in [1.165, 1.54) is 16.7 Å². The van der Waals surface area contributed by atoms with Gasteiger partial charge in [-0.1, -0.05) is 54.6 Å². The van der Waals surface area contributed by atoms with Crippen molar-refractivity contribution in [2.45, 2.75) is 13.3 Å². The van der Waals surface area contributed by atoms with Crippen LogP contribution in [0.1, 0.15) is 12.5 Å². The Bertz CT molecular complexity index is 517. The molecule has 0 aliphatic carbocycles. The second-order valence-electron chi connectivity index (χ2n) is 4.69. The lowest BCUT2D eigenvalue weighted by Crippen LogP contribution is -2.23. The molecule has 1 N–H and O–H groups in total. The zero-order valence-electron chi connectivity index (χ0n) is 11.2. The lowest BCUT2D eigenvalue weighted by atomic mass is 10.0. The van der Waals surface area contributed by atoms with E-state index in [1.54, 1.807) is 6.92 Å². The van der Waals surface area contributed by atoms with E-state index in [9.17, 15) is 4.79 Å². The molecule has 2 rings (SSSR count). The molecule has 0 atom stereocenters. The third-order valence-electron chi connectivity index (χ3n) is 3.03. The first kappa shape index (κ1) is 13.5. The second-order valence-corrected chi connectivity index (χ2v) is 4.69. The average Bonchev–Trinajstić information content (AvgIpc) is 2.45. The van der Waals surface area contributed by atoms with Gasteiger partial charge >= 0.3 is 0 Å². The number of hydrogen-bond donors (Lipinski definition) is 1. The third-order valence-corrected chi connectivity index (χ3v) is 3.03. The van der Waals surface area contributed by atoms with Crippen LogP contribution in [0.2, 0.25) is 0 Å². The normalized spacial score (nSPS) is 10.4. The van der Waals surface area contributed by atoms with Gasteiger partial charge < -0.3 is 5.32 Å². The Morgan fingerprint density at radius 1 is 0.947 bits per heavy atom. The van der Waals surface area contributed by atoms with Crippen molar-refractivity contribution < 1.29 is 4.79 Å². The van der Waals surface area contributed by atoms with E-state index >= 15 is 0 Å². The van der Waals surface area contributed by atoms with Crippen molar-refractivity contribution in [1.82, 2.24) is 5.32 Å². The monoisotopic (exact) mass is 253 g/mol. The molecule has 0 aromatic heterocycles. The van der Waals surface area contributed by atoms with Crippen LogP contribution in [0.5, 0.6) is 0 Å². The van der Waals surface area contributed by atoms with Crippen LogP contribution in [0.3, 0.4) is 0 Å². The summed E-state index contributed by atoms with van der Waals surface area (Å²) < 4.78 is 0. The van der Waals surface area contributed by atoms with Crippen molar-refractivity contribution in [2.24, 2.45) is 0 Å². The summed E-state index contributed by atoms with van der Waals surface area (Å²) in [4.78, 5) is 10.8. The third kappa shape index (κ3) is 4.34. The molecule has 98 valence electrons. The maximum Gasteiger partial charge on any atom is 0.143 e. The molecule has 19 heavy (non-hydrogen) atoms. The summed E-state index contributed by atoms with van der Waals surface area (Å²) in [5.74, 6) is 0.180. The fourth-order valence-corrected chi connectivity index (χ4v) is 1.99. The molecule has 0 radical (unpaired) electrons. The molecule has 0 spiro atoms. The molecule has 0 aliphatic heterocycles. The van der Waals surface area contributed by atoms with Crippen molar-refractivity contribution in [3.63, 3.8) is 0 Å². The Hall–Kier alpha value is -1.93. The van der Waals surface area contributed by atoms with Crippen molar-refractivity contribution >= 4 is 5.78 Å². The summed E-state index contributed by atoms with van der Waals surface area (Å²) in [5, 5.41) is 3.13. The fourth-order valence-electron chi connectivity index (χ4n) is 1.99. The van der Waals surface area contributed by atoms with Gasteiger partial charge in [0.05, 0.1) is 6.54 Å². The van der Waals surface area contributed by atoms with Crippen molar-refractivity contribution in [1.29, 1.82) is 0 Å². The van der Waals surface area contributed by atoms with Crippen LogP contribution in [0.25, 0.3) is 11.1 Å². The van der Waals surface area contributed by atoms with E-state index in [1.807, 2.05) is 6.07 Å². The first-order valence-corrected chi connectivity index (χ1v) is 6.60. The number of nitrogens with one attached hydrogen (secondary N) is 1. The van der Waals surface area contributed by atoms with Gasteiger partial charge in [-0.2, -0.15) is 0 Å². The number of carbonyl (C=O) groups is 1. The van der Waals surface area contributed by atoms with Crippen molar-refractivity contribution in [2.75, 3.05) is 13.1 Å². The van der Waals surface area contributed by atoms with Gasteiger partial charge in [-0.3, -0.25) is 4.79 Å². The Balaban J connectivity index is 1.90. The van der Waals surface area contributed by atoms with Crippen LogP contribution in [0.15, 0.2) is 54.6 Å². The fraction of sp³-hybridized carbons (Fsp3) is 0.235. The zero-order chi connectivity index (χ0) is 13.5. The van der Waals surface area contributed by atoms with Gasteiger partial charge in [-0.25, -0.2) is 0 Å². The molecule has 2 nitrogen and oxygen atoms in total. The first-order chi connectivity index (χ1) is 9.25. The quantitative estimate of drug-likeness (QED) is 0.802. The highest BCUT2D eigenvalue weighted by Gasteiger charge is 1.98. The van der Waals surface area contributed by atoms with Gasteiger partial charge in [-0.15, -0.1) is 0 Å². The van der Waals surface area contributed by atoms with Gasteiger partial charge in [-0.05, 0) is 36.6 Å². The minimum Gasteiger partial charge on any atom is -0.310 e. The van der Waals surface area contributed by atoms with E-state index < -0.39 is 0 Å². The molecule has 0 aliphatic rings. The maximum atomic E-state index is 10.8. The molecule has 2 aromatic carbocycles. The van der Waals surface area contributed by atoms with E-state index in [0.717, 1.165) is 13.0 Å². The minimum absolute atomic E-state index is 0.180. The molecule has 0 saturated carbocycles. The molecule has 2 aromatic rings. The summed E-state index contributed by atoms with van der Waals surface area (Å²) in [7, 11) is 0. The maximum absolute atomic E-state index is 10.8. The molecule has 0 fully saturated rings. The number of carbonyl (C=O) groups excluding carboxylic acids is 1. The Morgan fingerprint density at radius 3 is 2.21 bits per heavy atom. The van der Waals surface area contributed by atoms with Crippen LogP contribution >= 0.6 is 0 Å². The van der Waals surface area contributed by atoms with Gasteiger partial charge in [0.15, 0.2) is 0 Å². The summed E-state index contributed by atoms with van der Waals surface area (Å²) in [6.45, 7) is 2.90. The predicted molar refractivity (Wildman–Crippen MR) is 79.1 cm³/mol. The van der Waals surface area contributed by atoms with Crippen molar-refractivity contribution in [3.05, 3.63) is 60.2 Å².